The first-order valence-corrected chi connectivity index (χ1v) is 10.0. The van der Waals surface area contributed by atoms with Gasteiger partial charge in [0.25, 0.3) is 0 Å². The number of aromatic nitrogens is 4. The molecule has 0 spiro atoms. The molecule has 3 rings (SSSR count). The van der Waals surface area contributed by atoms with Crippen LogP contribution in [0.5, 0.6) is 0 Å². The number of carbonyl (C=O) groups excluding carboxylic acids is 1. The standard InChI is InChI=1S/C20H28N6O3/c1-3-5-17(20(28)29)18(19-21-23-24-22-19)13-15-6-4-7-16(12-15)26-10-8-25(9-11-26)14(2)27/h4,6-7,12,17-18H,3,5,8-11,13H2,1-2H3,(H,28,29)(H,21,22,23,24)/t17-,18-/m0/s1. The summed E-state index contributed by atoms with van der Waals surface area (Å²) in [4.78, 5) is 27.5. The summed E-state index contributed by atoms with van der Waals surface area (Å²) in [5.41, 5.74) is 2.12. The second-order valence-electron chi connectivity index (χ2n) is 7.48. The lowest BCUT2D eigenvalue weighted by Gasteiger charge is -2.35. The van der Waals surface area contributed by atoms with E-state index in [1.807, 2.05) is 24.0 Å². The van der Waals surface area contributed by atoms with Crippen LogP contribution in [0.2, 0.25) is 0 Å². The Morgan fingerprint density at radius 1 is 1.24 bits per heavy atom. The van der Waals surface area contributed by atoms with Crippen molar-refractivity contribution in [2.75, 3.05) is 31.1 Å². The topological polar surface area (TPSA) is 115 Å². The minimum atomic E-state index is -0.835. The molecule has 2 N–H and O–H groups in total. The molecule has 1 aromatic heterocycles. The molecule has 9 heteroatoms. The van der Waals surface area contributed by atoms with E-state index in [9.17, 15) is 14.7 Å². The number of aromatic amines is 1. The SMILES string of the molecule is CCC[C@H](C(=O)O)[C@H](Cc1cccc(N2CCN(C(C)=O)CC2)c1)c1nn[nH]n1. The Kier molecular flexibility index (Phi) is 6.79. The molecule has 2 atom stereocenters. The molecule has 1 aromatic carbocycles. The predicted molar refractivity (Wildman–Crippen MR) is 108 cm³/mol. The molecule has 0 bridgehead atoms. The molecular weight excluding hydrogens is 372 g/mol. The van der Waals surface area contributed by atoms with Crippen LogP contribution < -0.4 is 4.90 Å². The molecule has 0 radical (unpaired) electrons. The van der Waals surface area contributed by atoms with Gasteiger partial charge < -0.3 is 14.9 Å². The van der Waals surface area contributed by atoms with E-state index in [1.54, 1.807) is 6.92 Å². The van der Waals surface area contributed by atoms with Crippen molar-refractivity contribution in [1.82, 2.24) is 25.5 Å². The number of rotatable bonds is 8. The van der Waals surface area contributed by atoms with Crippen molar-refractivity contribution >= 4 is 17.6 Å². The van der Waals surface area contributed by atoms with Gasteiger partial charge in [-0.3, -0.25) is 9.59 Å². The summed E-state index contributed by atoms with van der Waals surface area (Å²) in [5, 5.41) is 24.0. The smallest absolute Gasteiger partial charge is 0.307 e. The summed E-state index contributed by atoms with van der Waals surface area (Å²) >= 11 is 0. The van der Waals surface area contributed by atoms with Gasteiger partial charge in [-0.15, -0.1) is 10.2 Å². The van der Waals surface area contributed by atoms with Gasteiger partial charge in [-0.2, -0.15) is 5.21 Å². The van der Waals surface area contributed by atoms with Gasteiger partial charge >= 0.3 is 5.97 Å². The quantitative estimate of drug-likeness (QED) is 0.693. The van der Waals surface area contributed by atoms with E-state index >= 15 is 0 Å². The summed E-state index contributed by atoms with van der Waals surface area (Å²) in [6.07, 6.45) is 1.85. The van der Waals surface area contributed by atoms with Crippen LogP contribution in [0.25, 0.3) is 0 Å². The summed E-state index contributed by atoms with van der Waals surface area (Å²) in [5.74, 6) is -1.21. The van der Waals surface area contributed by atoms with Gasteiger partial charge in [-0.05, 0) is 30.5 Å². The minimum Gasteiger partial charge on any atom is -0.481 e. The predicted octanol–water partition coefficient (Wildman–Crippen LogP) is 1.70. The van der Waals surface area contributed by atoms with E-state index < -0.39 is 11.9 Å². The average molecular weight is 400 g/mol. The molecule has 1 fully saturated rings. The van der Waals surface area contributed by atoms with Crippen molar-refractivity contribution in [2.45, 2.75) is 39.0 Å². The Labute approximate surface area is 170 Å². The molecule has 0 saturated carbocycles. The van der Waals surface area contributed by atoms with Crippen molar-refractivity contribution < 1.29 is 14.7 Å². The highest BCUT2D eigenvalue weighted by atomic mass is 16.4. The van der Waals surface area contributed by atoms with E-state index in [-0.39, 0.29) is 11.8 Å². The van der Waals surface area contributed by atoms with E-state index in [4.69, 9.17) is 0 Å². The van der Waals surface area contributed by atoms with Gasteiger partial charge in [-0.25, -0.2) is 0 Å². The van der Waals surface area contributed by atoms with Crippen molar-refractivity contribution in [3.8, 4) is 0 Å². The number of hydrogen-bond donors (Lipinski definition) is 2. The zero-order valence-corrected chi connectivity index (χ0v) is 16.9. The van der Waals surface area contributed by atoms with Crippen LogP contribution in [0.1, 0.15) is 44.0 Å². The number of piperazine rings is 1. The molecule has 1 aliphatic rings. The van der Waals surface area contributed by atoms with E-state index in [2.05, 4.69) is 37.7 Å². The number of aliphatic carboxylic acids is 1. The number of anilines is 1. The molecule has 2 heterocycles. The fraction of sp³-hybridized carbons (Fsp3) is 0.550. The van der Waals surface area contributed by atoms with Gasteiger partial charge in [0.15, 0.2) is 5.82 Å². The van der Waals surface area contributed by atoms with Crippen LogP contribution in [-0.2, 0) is 16.0 Å². The number of tetrazole rings is 1. The molecule has 0 aliphatic carbocycles. The molecule has 1 amide bonds. The van der Waals surface area contributed by atoms with Crippen molar-refractivity contribution in [2.24, 2.45) is 5.92 Å². The van der Waals surface area contributed by atoms with Gasteiger partial charge in [0.1, 0.15) is 0 Å². The second kappa shape index (κ2) is 9.49. The number of amides is 1. The van der Waals surface area contributed by atoms with Crippen LogP contribution >= 0.6 is 0 Å². The summed E-state index contributed by atoms with van der Waals surface area (Å²) in [6.45, 7) is 6.56. The zero-order chi connectivity index (χ0) is 20.8. The van der Waals surface area contributed by atoms with Crippen molar-refractivity contribution in [3.63, 3.8) is 0 Å². The molecule has 0 unspecified atom stereocenters. The molecule has 1 saturated heterocycles. The number of benzene rings is 1. The number of carboxylic acid groups (broad SMARTS) is 1. The Bertz CT molecular complexity index is 817. The van der Waals surface area contributed by atoms with Gasteiger partial charge in [0.05, 0.1) is 5.92 Å². The molecular formula is C20H28N6O3. The van der Waals surface area contributed by atoms with Gasteiger partial charge in [-0.1, -0.05) is 30.7 Å². The monoisotopic (exact) mass is 400 g/mol. The van der Waals surface area contributed by atoms with Crippen LogP contribution in [0.3, 0.4) is 0 Å². The largest absolute Gasteiger partial charge is 0.481 e. The highest BCUT2D eigenvalue weighted by Crippen LogP contribution is 2.31. The Hall–Kier alpha value is -2.97. The third-order valence-electron chi connectivity index (χ3n) is 5.55. The number of carbonyl (C=O) groups is 2. The maximum atomic E-state index is 11.9. The van der Waals surface area contributed by atoms with E-state index in [1.165, 1.54) is 0 Å². The minimum absolute atomic E-state index is 0.108. The summed E-state index contributed by atoms with van der Waals surface area (Å²) < 4.78 is 0. The van der Waals surface area contributed by atoms with Crippen LogP contribution in [-0.4, -0.2) is 68.7 Å². The number of hydrogen-bond acceptors (Lipinski definition) is 6. The van der Waals surface area contributed by atoms with Gasteiger partial charge in [0, 0.05) is 44.7 Å². The Balaban J connectivity index is 1.78. The second-order valence-corrected chi connectivity index (χ2v) is 7.48. The van der Waals surface area contributed by atoms with E-state index in [0.29, 0.717) is 31.8 Å². The molecule has 156 valence electrons. The first kappa shape index (κ1) is 20.8. The van der Waals surface area contributed by atoms with Crippen LogP contribution in [0.15, 0.2) is 24.3 Å². The Morgan fingerprint density at radius 3 is 2.59 bits per heavy atom. The van der Waals surface area contributed by atoms with Crippen molar-refractivity contribution in [3.05, 3.63) is 35.7 Å². The normalized spacial score (nSPS) is 16.5. The van der Waals surface area contributed by atoms with Crippen molar-refractivity contribution in [1.29, 1.82) is 0 Å². The molecule has 1 aliphatic heterocycles. The first-order valence-electron chi connectivity index (χ1n) is 10.0. The lowest BCUT2D eigenvalue weighted by molar-refractivity contribution is -0.143. The van der Waals surface area contributed by atoms with Gasteiger partial charge in [0.2, 0.25) is 5.91 Å². The number of H-pyrrole nitrogens is 1. The van der Waals surface area contributed by atoms with Crippen LogP contribution in [0, 0.1) is 5.92 Å². The molecule has 9 nitrogen and oxygen atoms in total. The third-order valence-corrected chi connectivity index (χ3v) is 5.55. The maximum Gasteiger partial charge on any atom is 0.307 e. The summed E-state index contributed by atoms with van der Waals surface area (Å²) in [7, 11) is 0. The highest BCUT2D eigenvalue weighted by molar-refractivity contribution is 5.73. The zero-order valence-electron chi connectivity index (χ0n) is 16.9. The lowest BCUT2D eigenvalue weighted by atomic mass is 9.83. The average Bonchev–Trinajstić information content (AvgIpc) is 3.25. The summed E-state index contributed by atoms with van der Waals surface area (Å²) in [6, 6.07) is 8.15. The first-order chi connectivity index (χ1) is 14.0. The number of carboxylic acids is 1. The maximum absolute atomic E-state index is 11.9. The molecule has 29 heavy (non-hydrogen) atoms. The lowest BCUT2D eigenvalue weighted by Crippen LogP contribution is -2.48. The fourth-order valence-electron chi connectivity index (χ4n) is 3.96. The molecule has 2 aromatic rings. The van der Waals surface area contributed by atoms with E-state index in [0.717, 1.165) is 30.8 Å². The Morgan fingerprint density at radius 2 is 2.00 bits per heavy atom. The fourth-order valence-corrected chi connectivity index (χ4v) is 3.96. The highest BCUT2D eigenvalue weighted by Gasteiger charge is 2.32. The number of nitrogens with zero attached hydrogens (tertiary/aromatic N) is 5. The van der Waals surface area contributed by atoms with Crippen LogP contribution in [0.4, 0.5) is 5.69 Å². The number of nitrogens with one attached hydrogen (secondary N) is 1. The third kappa shape index (κ3) is 5.10.